The van der Waals surface area contributed by atoms with Crippen LogP contribution in [0.5, 0.6) is 0 Å². The highest BCUT2D eigenvalue weighted by Crippen LogP contribution is 2.33. The Morgan fingerprint density at radius 2 is 2.00 bits per heavy atom. The maximum absolute atomic E-state index is 13.3. The van der Waals surface area contributed by atoms with Gasteiger partial charge in [-0.2, -0.15) is 0 Å². The Kier molecular flexibility index (Phi) is 6.09. The van der Waals surface area contributed by atoms with E-state index in [1.807, 2.05) is 37.3 Å². The number of rotatable bonds is 7. The van der Waals surface area contributed by atoms with Crippen molar-refractivity contribution in [2.24, 2.45) is 0 Å². The molecule has 7 nitrogen and oxygen atoms in total. The van der Waals surface area contributed by atoms with E-state index in [9.17, 15) is 4.79 Å². The maximum atomic E-state index is 13.3. The van der Waals surface area contributed by atoms with Crippen molar-refractivity contribution in [2.45, 2.75) is 44.4 Å². The highest BCUT2D eigenvalue weighted by molar-refractivity contribution is 7.99. The monoisotopic (exact) mass is 466 g/mol. The lowest BCUT2D eigenvalue weighted by Crippen LogP contribution is -2.31. The van der Waals surface area contributed by atoms with Crippen molar-refractivity contribution in [3.8, 4) is 11.5 Å². The molecule has 164 valence electrons. The van der Waals surface area contributed by atoms with Gasteiger partial charge in [-0.05, 0) is 44.2 Å². The van der Waals surface area contributed by atoms with Gasteiger partial charge in [0.05, 0.1) is 29.8 Å². The molecule has 0 saturated heterocycles. The summed E-state index contributed by atoms with van der Waals surface area (Å²) in [4.78, 5) is 21.2. The van der Waals surface area contributed by atoms with E-state index in [4.69, 9.17) is 13.8 Å². The van der Waals surface area contributed by atoms with E-state index in [-0.39, 0.29) is 11.7 Å². The number of hydrogen-bond acceptors (Lipinski definition) is 8. The molecule has 0 bridgehead atoms. The smallest absolute Gasteiger partial charge is 0.277 e. The van der Waals surface area contributed by atoms with Crippen LogP contribution in [0, 0.1) is 6.92 Å². The van der Waals surface area contributed by atoms with Crippen LogP contribution in [0.15, 0.2) is 56.7 Å². The lowest BCUT2D eigenvalue weighted by molar-refractivity contribution is -0.116. The van der Waals surface area contributed by atoms with E-state index < -0.39 is 0 Å². The molecule has 0 fully saturated rings. The fourth-order valence-corrected chi connectivity index (χ4v) is 5.47. The average Bonchev–Trinajstić information content (AvgIpc) is 3.55. The van der Waals surface area contributed by atoms with E-state index in [0.717, 1.165) is 41.2 Å². The molecule has 0 radical (unpaired) electrons. The van der Waals surface area contributed by atoms with Crippen LogP contribution >= 0.6 is 23.1 Å². The van der Waals surface area contributed by atoms with Gasteiger partial charge in [0.1, 0.15) is 5.76 Å². The van der Waals surface area contributed by atoms with Gasteiger partial charge >= 0.3 is 0 Å². The zero-order chi connectivity index (χ0) is 21.9. The van der Waals surface area contributed by atoms with Gasteiger partial charge in [-0.3, -0.25) is 9.69 Å². The molecule has 1 amide bonds. The number of thioether (sulfide) groups is 1. The van der Waals surface area contributed by atoms with Gasteiger partial charge in [-0.25, -0.2) is 4.98 Å². The number of nitrogens with zero attached hydrogens (tertiary/aromatic N) is 4. The van der Waals surface area contributed by atoms with Crippen molar-refractivity contribution in [3.63, 3.8) is 0 Å². The third-order valence-corrected chi connectivity index (χ3v) is 7.35. The number of thiazole rings is 1. The molecule has 0 atom stereocenters. The molecule has 1 aromatic carbocycles. The largest absolute Gasteiger partial charge is 0.469 e. The molecular formula is C23H22N4O3S2. The SMILES string of the molecule is Cc1occc1-c1nnc(SCC(=O)N(Cc2ccccc2)c2nc3c(s2)CCCC3)o1. The second kappa shape index (κ2) is 9.30. The van der Waals surface area contributed by atoms with E-state index in [0.29, 0.717) is 23.4 Å². The first-order valence-corrected chi connectivity index (χ1v) is 12.3. The number of benzene rings is 1. The van der Waals surface area contributed by atoms with E-state index in [2.05, 4.69) is 10.2 Å². The molecule has 0 spiro atoms. The summed E-state index contributed by atoms with van der Waals surface area (Å²) >= 11 is 2.88. The van der Waals surface area contributed by atoms with Crippen molar-refractivity contribution in [2.75, 3.05) is 10.7 Å². The summed E-state index contributed by atoms with van der Waals surface area (Å²) < 4.78 is 11.0. The molecule has 32 heavy (non-hydrogen) atoms. The second-order valence-electron chi connectivity index (χ2n) is 7.59. The van der Waals surface area contributed by atoms with Crippen LogP contribution in [0.3, 0.4) is 0 Å². The summed E-state index contributed by atoms with van der Waals surface area (Å²) in [6, 6.07) is 11.8. The van der Waals surface area contributed by atoms with Crippen LogP contribution in [0.25, 0.3) is 11.5 Å². The van der Waals surface area contributed by atoms with Crippen LogP contribution in [0.2, 0.25) is 0 Å². The van der Waals surface area contributed by atoms with Gasteiger partial charge < -0.3 is 8.83 Å². The predicted molar refractivity (Wildman–Crippen MR) is 124 cm³/mol. The number of fused-ring (bicyclic) bond motifs is 1. The summed E-state index contributed by atoms with van der Waals surface area (Å²) in [6.07, 6.45) is 5.97. The number of furan rings is 1. The van der Waals surface area contributed by atoms with Crippen LogP contribution < -0.4 is 4.90 Å². The maximum Gasteiger partial charge on any atom is 0.277 e. The van der Waals surface area contributed by atoms with E-state index in [1.54, 1.807) is 28.6 Å². The molecule has 5 rings (SSSR count). The van der Waals surface area contributed by atoms with Crippen LogP contribution in [0.4, 0.5) is 5.13 Å². The number of aryl methyl sites for hydroxylation is 3. The molecule has 9 heteroatoms. The van der Waals surface area contributed by atoms with Crippen LogP contribution in [-0.2, 0) is 24.2 Å². The molecule has 1 aliphatic rings. The van der Waals surface area contributed by atoms with Crippen LogP contribution in [-0.4, -0.2) is 26.8 Å². The summed E-state index contributed by atoms with van der Waals surface area (Å²) in [6.45, 7) is 2.32. The summed E-state index contributed by atoms with van der Waals surface area (Å²) in [7, 11) is 0. The van der Waals surface area contributed by atoms with Crippen molar-refractivity contribution in [1.29, 1.82) is 0 Å². The summed E-state index contributed by atoms with van der Waals surface area (Å²) in [5.74, 6) is 1.25. The standard InChI is InChI=1S/C23H22N4O3S2/c1-15-17(11-12-29-15)21-25-26-23(30-21)31-14-20(28)27(13-16-7-3-2-4-8-16)22-24-18-9-5-6-10-19(18)32-22/h2-4,7-8,11-12H,5-6,9-10,13-14H2,1H3. The molecule has 0 saturated carbocycles. The molecule has 4 aromatic rings. The molecule has 0 unspecified atom stereocenters. The molecule has 1 aliphatic carbocycles. The van der Waals surface area contributed by atoms with Crippen LogP contribution in [0.1, 0.15) is 34.7 Å². The van der Waals surface area contributed by atoms with Gasteiger partial charge in [-0.1, -0.05) is 42.1 Å². The first-order chi connectivity index (χ1) is 15.7. The molecule has 3 aromatic heterocycles. The first kappa shape index (κ1) is 21.0. The Hall–Kier alpha value is -2.91. The average molecular weight is 467 g/mol. The normalized spacial score (nSPS) is 13.2. The van der Waals surface area contributed by atoms with Crippen molar-refractivity contribution >= 4 is 34.1 Å². The molecular weight excluding hydrogens is 444 g/mol. The van der Waals surface area contributed by atoms with E-state index >= 15 is 0 Å². The summed E-state index contributed by atoms with van der Waals surface area (Å²) in [5.41, 5.74) is 2.97. The van der Waals surface area contributed by atoms with E-state index in [1.165, 1.54) is 23.1 Å². The third-order valence-electron chi connectivity index (χ3n) is 5.36. The zero-order valence-electron chi connectivity index (χ0n) is 17.6. The number of anilines is 1. The molecule has 0 N–H and O–H groups in total. The Balaban J connectivity index is 1.33. The Bertz CT molecular complexity index is 1190. The van der Waals surface area contributed by atoms with Gasteiger partial charge in [0.25, 0.3) is 11.1 Å². The Morgan fingerprint density at radius 1 is 1.16 bits per heavy atom. The quantitative estimate of drug-likeness (QED) is 0.342. The number of hydrogen-bond donors (Lipinski definition) is 0. The molecule has 0 aliphatic heterocycles. The minimum Gasteiger partial charge on any atom is -0.469 e. The first-order valence-electron chi connectivity index (χ1n) is 10.5. The minimum absolute atomic E-state index is 0.0378. The van der Waals surface area contributed by atoms with Gasteiger partial charge in [0, 0.05) is 4.88 Å². The lowest BCUT2D eigenvalue weighted by Gasteiger charge is -2.19. The minimum atomic E-state index is -0.0378. The Labute approximate surface area is 193 Å². The van der Waals surface area contributed by atoms with Crippen molar-refractivity contribution in [3.05, 3.63) is 64.6 Å². The van der Waals surface area contributed by atoms with Gasteiger partial charge in [0.15, 0.2) is 5.13 Å². The Morgan fingerprint density at radius 3 is 2.78 bits per heavy atom. The topological polar surface area (TPSA) is 85.3 Å². The highest BCUT2D eigenvalue weighted by atomic mass is 32.2. The zero-order valence-corrected chi connectivity index (χ0v) is 19.2. The van der Waals surface area contributed by atoms with Gasteiger partial charge in [-0.15, -0.1) is 21.5 Å². The van der Waals surface area contributed by atoms with Crippen molar-refractivity contribution < 1.29 is 13.6 Å². The predicted octanol–water partition coefficient (Wildman–Crippen LogP) is 5.30. The highest BCUT2D eigenvalue weighted by Gasteiger charge is 2.24. The van der Waals surface area contributed by atoms with Gasteiger partial charge in [0.2, 0.25) is 5.91 Å². The number of aromatic nitrogens is 3. The third kappa shape index (κ3) is 4.49. The fraction of sp³-hybridized carbons (Fsp3) is 0.304. The molecule has 3 heterocycles. The fourth-order valence-electron chi connectivity index (χ4n) is 3.67. The second-order valence-corrected chi connectivity index (χ2v) is 9.58. The summed E-state index contributed by atoms with van der Waals surface area (Å²) in [5, 5.41) is 9.28. The number of carbonyl (C=O) groups is 1. The van der Waals surface area contributed by atoms with Crippen molar-refractivity contribution in [1.82, 2.24) is 15.2 Å². The lowest BCUT2D eigenvalue weighted by atomic mass is 10.0. The number of carbonyl (C=O) groups excluding carboxylic acids is 1. The number of amides is 1.